The first-order valence-corrected chi connectivity index (χ1v) is 5.77. The molecule has 7 heteroatoms. The summed E-state index contributed by atoms with van der Waals surface area (Å²) in [5.74, 6) is 0.652. The van der Waals surface area contributed by atoms with Gasteiger partial charge in [0.2, 0.25) is 5.82 Å². The zero-order valence-corrected chi connectivity index (χ0v) is 10.0. The Bertz CT molecular complexity index is 466. The first-order chi connectivity index (χ1) is 8.31. The Labute approximate surface area is 104 Å². The van der Waals surface area contributed by atoms with E-state index in [4.69, 9.17) is 17.3 Å². The maximum Gasteiger partial charge on any atom is 0.200 e. The van der Waals surface area contributed by atoms with Crippen LogP contribution in [0.3, 0.4) is 0 Å². The molecule has 0 amide bonds. The summed E-state index contributed by atoms with van der Waals surface area (Å²) in [7, 11) is 0. The third kappa shape index (κ3) is 2.98. The summed E-state index contributed by atoms with van der Waals surface area (Å²) in [6.45, 7) is 1.42. The molecule has 0 aliphatic heterocycles. The summed E-state index contributed by atoms with van der Waals surface area (Å²) >= 11 is 5.78. The number of tetrazole rings is 1. The minimum absolute atomic E-state index is 0.593. The van der Waals surface area contributed by atoms with Crippen molar-refractivity contribution in [3.05, 3.63) is 23.4 Å². The standard InChI is InChI=1S/C10H13ClN6/c11-8-3-4-9(13-7-8)10-14-15-16-17(10)6-2-1-5-12/h3-4,7H,1-2,5-6,12H2. The smallest absolute Gasteiger partial charge is 0.200 e. The van der Waals surface area contributed by atoms with Crippen LogP contribution in [-0.4, -0.2) is 31.7 Å². The highest BCUT2D eigenvalue weighted by atomic mass is 35.5. The molecule has 0 spiro atoms. The number of pyridine rings is 1. The van der Waals surface area contributed by atoms with E-state index in [2.05, 4.69) is 20.5 Å². The molecule has 6 nitrogen and oxygen atoms in total. The quantitative estimate of drug-likeness (QED) is 0.807. The second-order valence-electron chi connectivity index (χ2n) is 3.58. The Balaban J connectivity index is 2.15. The molecule has 0 radical (unpaired) electrons. The monoisotopic (exact) mass is 252 g/mol. The molecule has 0 atom stereocenters. The summed E-state index contributed by atoms with van der Waals surface area (Å²) in [4.78, 5) is 4.19. The normalized spacial score (nSPS) is 10.7. The number of nitrogens with two attached hydrogens (primary N) is 1. The number of aryl methyl sites for hydroxylation is 1. The van der Waals surface area contributed by atoms with Gasteiger partial charge in [-0.05, 0) is 41.9 Å². The third-order valence-electron chi connectivity index (χ3n) is 2.31. The van der Waals surface area contributed by atoms with Crippen LogP contribution in [-0.2, 0) is 6.54 Å². The van der Waals surface area contributed by atoms with E-state index in [1.807, 2.05) is 0 Å². The summed E-state index contributed by atoms with van der Waals surface area (Å²) < 4.78 is 1.73. The van der Waals surface area contributed by atoms with E-state index >= 15 is 0 Å². The molecular formula is C10H13ClN6. The number of halogens is 1. The van der Waals surface area contributed by atoms with Crippen molar-refractivity contribution in [2.45, 2.75) is 19.4 Å². The number of rotatable bonds is 5. The second kappa shape index (κ2) is 5.70. The van der Waals surface area contributed by atoms with Gasteiger partial charge in [-0.25, -0.2) is 4.68 Å². The molecule has 0 fully saturated rings. The van der Waals surface area contributed by atoms with Crippen LogP contribution in [0.2, 0.25) is 5.02 Å². The van der Waals surface area contributed by atoms with E-state index < -0.39 is 0 Å². The van der Waals surface area contributed by atoms with Crippen LogP contribution in [0.15, 0.2) is 18.3 Å². The van der Waals surface area contributed by atoms with E-state index in [0.29, 0.717) is 23.1 Å². The zero-order valence-electron chi connectivity index (χ0n) is 9.25. The molecule has 0 saturated carbocycles. The molecule has 90 valence electrons. The van der Waals surface area contributed by atoms with Gasteiger partial charge in [0.1, 0.15) is 5.69 Å². The second-order valence-corrected chi connectivity index (χ2v) is 4.02. The van der Waals surface area contributed by atoms with Crippen LogP contribution in [0.4, 0.5) is 0 Å². The fourth-order valence-electron chi connectivity index (χ4n) is 1.45. The lowest BCUT2D eigenvalue weighted by Crippen LogP contribution is -2.06. The number of nitrogens with zero attached hydrogens (tertiary/aromatic N) is 5. The molecule has 0 aromatic carbocycles. The maximum atomic E-state index is 5.78. The van der Waals surface area contributed by atoms with E-state index in [1.165, 1.54) is 0 Å². The lowest BCUT2D eigenvalue weighted by molar-refractivity contribution is 0.548. The summed E-state index contributed by atoms with van der Waals surface area (Å²) in [6.07, 6.45) is 3.48. The average Bonchev–Trinajstić information content (AvgIpc) is 2.79. The molecule has 2 rings (SSSR count). The molecule has 0 saturated heterocycles. The van der Waals surface area contributed by atoms with E-state index in [1.54, 1.807) is 23.0 Å². The van der Waals surface area contributed by atoms with Crippen LogP contribution in [0.25, 0.3) is 11.5 Å². The summed E-state index contributed by atoms with van der Waals surface area (Å²) in [5.41, 5.74) is 6.16. The molecule has 17 heavy (non-hydrogen) atoms. The van der Waals surface area contributed by atoms with Crippen molar-refractivity contribution < 1.29 is 0 Å². The molecule has 0 unspecified atom stereocenters. The van der Waals surface area contributed by atoms with Gasteiger partial charge < -0.3 is 5.73 Å². The van der Waals surface area contributed by atoms with E-state index in [-0.39, 0.29) is 0 Å². The SMILES string of the molecule is NCCCCn1nnnc1-c1ccc(Cl)cn1. The van der Waals surface area contributed by atoms with Crippen molar-refractivity contribution in [2.24, 2.45) is 5.73 Å². The van der Waals surface area contributed by atoms with Gasteiger partial charge in [0, 0.05) is 12.7 Å². The van der Waals surface area contributed by atoms with Crippen LogP contribution < -0.4 is 5.73 Å². The molecular weight excluding hydrogens is 240 g/mol. The highest BCUT2D eigenvalue weighted by Gasteiger charge is 2.09. The van der Waals surface area contributed by atoms with Gasteiger partial charge in [0.05, 0.1) is 5.02 Å². The minimum Gasteiger partial charge on any atom is -0.330 e. The Morgan fingerprint density at radius 3 is 2.88 bits per heavy atom. The van der Waals surface area contributed by atoms with Gasteiger partial charge in [0.15, 0.2) is 0 Å². The Hall–Kier alpha value is -1.53. The lowest BCUT2D eigenvalue weighted by Gasteiger charge is -2.03. The van der Waals surface area contributed by atoms with Crippen LogP contribution in [0.1, 0.15) is 12.8 Å². The molecule has 2 heterocycles. The van der Waals surface area contributed by atoms with Crippen molar-refractivity contribution in [1.82, 2.24) is 25.2 Å². The highest BCUT2D eigenvalue weighted by molar-refractivity contribution is 6.30. The Morgan fingerprint density at radius 1 is 1.29 bits per heavy atom. The van der Waals surface area contributed by atoms with Crippen LogP contribution in [0.5, 0.6) is 0 Å². The van der Waals surface area contributed by atoms with E-state index in [0.717, 1.165) is 19.4 Å². The molecule has 2 aromatic rings. The summed E-state index contributed by atoms with van der Waals surface area (Å²) in [5, 5.41) is 12.1. The molecule has 2 N–H and O–H groups in total. The van der Waals surface area contributed by atoms with Crippen molar-refractivity contribution in [2.75, 3.05) is 6.54 Å². The predicted molar refractivity (Wildman–Crippen MR) is 64.3 cm³/mol. The van der Waals surface area contributed by atoms with Crippen molar-refractivity contribution in [3.63, 3.8) is 0 Å². The molecule has 0 aliphatic carbocycles. The third-order valence-corrected chi connectivity index (χ3v) is 2.54. The number of hydrogen-bond donors (Lipinski definition) is 1. The number of unbranched alkanes of at least 4 members (excludes halogenated alkanes) is 1. The van der Waals surface area contributed by atoms with Crippen LogP contribution in [0, 0.1) is 0 Å². The number of aromatic nitrogens is 5. The fourth-order valence-corrected chi connectivity index (χ4v) is 1.56. The van der Waals surface area contributed by atoms with Gasteiger partial charge in [-0.2, -0.15) is 0 Å². The molecule has 2 aromatic heterocycles. The zero-order chi connectivity index (χ0) is 12.1. The van der Waals surface area contributed by atoms with Crippen molar-refractivity contribution in [1.29, 1.82) is 0 Å². The molecule has 0 bridgehead atoms. The van der Waals surface area contributed by atoms with Gasteiger partial charge >= 0.3 is 0 Å². The highest BCUT2D eigenvalue weighted by Crippen LogP contribution is 2.15. The molecule has 0 aliphatic rings. The van der Waals surface area contributed by atoms with Crippen LogP contribution >= 0.6 is 11.6 Å². The lowest BCUT2D eigenvalue weighted by atomic mass is 10.3. The number of hydrogen-bond acceptors (Lipinski definition) is 5. The van der Waals surface area contributed by atoms with Gasteiger partial charge in [-0.1, -0.05) is 11.6 Å². The first kappa shape index (κ1) is 11.9. The van der Waals surface area contributed by atoms with Gasteiger partial charge in [-0.15, -0.1) is 5.10 Å². The minimum atomic E-state index is 0.593. The Kier molecular flexibility index (Phi) is 4.00. The Morgan fingerprint density at radius 2 is 2.18 bits per heavy atom. The van der Waals surface area contributed by atoms with Gasteiger partial charge in [-0.3, -0.25) is 4.98 Å². The maximum absolute atomic E-state index is 5.78. The van der Waals surface area contributed by atoms with E-state index in [9.17, 15) is 0 Å². The van der Waals surface area contributed by atoms with Crippen molar-refractivity contribution in [3.8, 4) is 11.5 Å². The largest absolute Gasteiger partial charge is 0.330 e. The fraction of sp³-hybridized carbons (Fsp3) is 0.400. The van der Waals surface area contributed by atoms with Gasteiger partial charge in [0.25, 0.3) is 0 Å². The topological polar surface area (TPSA) is 82.5 Å². The predicted octanol–water partition coefficient (Wildman–Crippen LogP) is 1.13. The van der Waals surface area contributed by atoms with Crippen molar-refractivity contribution >= 4 is 11.6 Å². The average molecular weight is 253 g/mol. The first-order valence-electron chi connectivity index (χ1n) is 5.39. The summed E-state index contributed by atoms with van der Waals surface area (Å²) in [6, 6.07) is 3.57.